The smallest absolute Gasteiger partial charge is 0.367 e. The van der Waals surface area contributed by atoms with Crippen molar-refractivity contribution >= 4 is 11.3 Å². The number of hydrogen-bond donors (Lipinski definition) is 0. The van der Waals surface area contributed by atoms with Crippen molar-refractivity contribution in [2.75, 3.05) is 0 Å². The maximum Gasteiger partial charge on any atom is 0.408 e. The zero-order valence-corrected chi connectivity index (χ0v) is 13.3. The normalized spacial score (nSPS) is 24.5. The predicted octanol–water partition coefficient (Wildman–Crippen LogP) is 6.27. The van der Waals surface area contributed by atoms with Crippen molar-refractivity contribution in [3.05, 3.63) is 22.4 Å². The van der Waals surface area contributed by atoms with Gasteiger partial charge in [0.25, 0.3) is 0 Å². The minimum Gasteiger partial charge on any atom is -0.367 e. The number of thiophene rings is 1. The van der Waals surface area contributed by atoms with Crippen molar-refractivity contribution in [1.82, 2.24) is 0 Å². The molecule has 2 rings (SSSR count). The first-order valence-electron chi connectivity index (χ1n) is 7.48. The van der Waals surface area contributed by atoms with Crippen molar-refractivity contribution in [2.24, 2.45) is 5.41 Å². The van der Waals surface area contributed by atoms with Crippen LogP contribution in [0.3, 0.4) is 0 Å². The molecule has 132 valence electrons. The third kappa shape index (κ3) is 3.12. The lowest BCUT2D eigenvalue weighted by Crippen LogP contribution is -2.69. The van der Waals surface area contributed by atoms with E-state index < -0.39 is 30.0 Å². The number of alkyl halides is 6. The van der Waals surface area contributed by atoms with E-state index >= 15 is 0 Å². The van der Waals surface area contributed by atoms with Gasteiger partial charge in [-0.25, -0.2) is 0 Å². The maximum atomic E-state index is 13.5. The Hall–Kier alpha value is -0.760. The van der Waals surface area contributed by atoms with Gasteiger partial charge in [-0.15, -0.1) is 11.3 Å². The molecule has 2 atom stereocenters. The number of rotatable bonds is 6. The molecule has 1 aromatic heterocycles. The summed E-state index contributed by atoms with van der Waals surface area (Å²) >= 11 is 0.850. The predicted molar refractivity (Wildman–Crippen MR) is 75.2 cm³/mol. The van der Waals surface area contributed by atoms with E-state index in [0.717, 1.165) is 24.2 Å². The second kappa shape index (κ2) is 6.63. The zero-order chi connectivity index (χ0) is 17.3. The van der Waals surface area contributed by atoms with Crippen molar-refractivity contribution in [1.29, 1.82) is 0 Å². The largest absolute Gasteiger partial charge is 0.408 e. The summed E-state index contributed by atoms with van der Waals surface area (Å²) in [5.74, 6) is 0. The van der Waals surface area contributed by atoms with Crippen LogP contribution in [-0.4, -0.2) is 18.5 Å². The standard InChI is InChI=1S/C15H18F6OS/c1-2-3-4-5-8-11-13(14(16,17)18,15(19,20)21)12(22-11)10-7-6-9-23-10/h6-7,9,11-12H,2-5,8H2,1H3. The van der Waals surface area contributed by atoms with Gasteiger partial charge in [0.1, 0.15) is 6.10 Å². The second-order valence-corrected chi connectivity index (χ2v) is 6.71. The van der Waals surface area contributed by atoms with Crippen LogP contribution >= 0.6 is 11.3 Å². The minimum atomic E-state index is -5.41. The van der Waals surface area contributed by atoms with E-state index in [1.54, 1.807) is 0 Å². The molecule has 23 heavy (non-hydrogen) atoms. The molecule has 0 aromatic carbocycles. The lowest BCUT2D eigenvalue weighted by atomic mass is 9.67. The highest BCUT2D eigenvalue weighted by atomic mass is 32.1. The summed E-state index contributed by atoms with van der Waals surface area (Å²) in [4.78, 5) is -0.0375. The molecule has 1 fully saturated rings. The van der Waals surface area contributed by atoms with Crippen molar-refractivity contribution in [3.63, 3.8) is 0 Å². The molecule has 8 heteroatoms. The maximum absolute atomic E-state index is 13.5. The molecule has 0 radical (unpaired) electrons. The highest BCUT2D eigenvalue weighted by molar-refractivity contribution is 7.10. The molecular formula is C15H18F6OS. The Balaban J connectivity index is 2.30. The Labute approximate surface area is 134 Å². The first-order chi connectivity index (χ1) is 10.7. The first kappa shape index (κ1) is 18.6. The molecule has 1 saturated heterocycles. The lowest BCUT2D eigenvalue weighted by molar-refractivity contribution is -0.460. The fourth-order valence-electron chi connectivity index (χ4n) is 3.08. The van der Waals surface area contributed by atoms with Crippen LogP contribution in [0.25, 0.3) is 0 Å². The Bertz CT molecular complexity index is 479. The molecule has 0 aliphatic carbocycles. The van der Waals surface area contributed by atoms with Gasteiger partial charge in [-0.05, 0) is 17.9 Å². The first-order valence-corrected chi connectivity index (χ1v) is 8.36. The molecule has 1 aliphatic rings. The van der Waals surface area contributed by atoms with E-state index in [1.807, 2.05) is 6.92 Å². The SMILES string of the molecule is CCCCCCC1OC(c2cccs2)C1(C(F)(F)F)C(F)(F)F. The summed E-state index contributed by atoms with van der Waals surface area (Å²) in [6.07, 6.45) is -12.4. The summed E-state index contributed by atoms with van der Waals surface area (Å²) in [7, 11) is 0. The van der Waals surface area contributed by atoms with Crippen LogP contribution in [0.5, 0.6) is 0 Å². The van der Waals surface area contributed by atoms with Gasteiger partial charge in [-0.2, -0.15) is 26.3 Å². The Morgan fingerprint density at radius 3 is 2.22 bits per heavy atom. The molecule has 2 heterocycles. The third-order valence-corrected chi connectivity index (χ3v) is 5.20. The number of unbranched alkanes of at least 4 members (excludes halogenated alkanes) is 3. The van der Waals surface area contributed by atoms with Gasteiger partial charge < -0.3 is 4.74 Å². The summed E-state index contributed by atoms with van der Waals surface area (Å²) in [6.45, 7) is 1.92. The average Bonchev–Trinajstić information content (AvgIpc) is 2.86. The highest BCUT2D eigenvalue weighted by Gasteiger charge is 2.83. The van der Waals surface area contributed by atoms with E-state index in [9.17, 15) is 26.3 Å². The summed E-state index contributed by atoms with van der Waals surface area (Å²) < 4.78 is 86.2. The molecule has 0 N–H and O–H groups in total. The molecular weight excluding hydrogens is 342 g/mol. The summed E-state index contributed by atoms with van der Waals surface area (Å²) in [6, 6.07) is 2.68. The van der Waals surface area contributed by atoms with Crippen LogP contribution in [0.2, 0.25) is 0 Å². The van der Waals surface area contributed by atoms with Gasteiger partial charge in [-0.1, -0.05) is 38.7 Å². The fourth-order valence-corrected chi connectivity index (χ4v) is 3.92. The monoisotopic (exact) mass is 360 g/mol. The van der Waals surface area contributed by atoms with Crippen LogP contribution in [0.1, 0.15) is 50.0 Å². The lowest BCUT2D eigenvalue weighted by Gasteiger charge is -2.55. The summed E-state index contributed by atoms with van der Waals surface area (Å²) in [5.41, 5.74) is -3.81. The van der Waals surface area contributed by atoms with E-state index in [4.69, 9.17) is 4.74 Å². The van der Waals surface area contributed by atoms with Gasteiger partial charge in [-0.3, -0.25) is 0 Å². The van der Waals surface area contributed by atoms with E-state index in [0.29, 0.717) is 12.8 Å². The van der Waals surface area contributed by atoms with Crippen molar-refractivity contribution in [3.8, 4) is 0 Å². The van der Waals surface area contributed by atoms with Crippen LogP contribution < -0.4 is 0 Å². The Morgan fingerprint density at radius 1 is 1.09 bits per heavy atom. The van der Waals surface area contributed by atoms with Gasteiger partial charge >= 0.3 is 12.4 Å². The van der Waals surface area contributed by atoms with Gasteiger partial charge in [0.15, 0.2) is 0 Å². The zero-order valence-electron chi connectivity index (χ0n) is 12.5. The van der Waals surface area contributed by atoms with Crippen LogP contribution in [-0.2, 0) is 4.74 Å². The molecule has 1 aromatic rings. The van der Waals surface area contributed by atoms with Crippen LogP contribution in [0.4, 0.5) is 26.3 Å². The topological polar surface area (TPSA) is 9.23 Å². The minimum absolute atomic E-state index is 0.0375. The highest BCUT2D eigenvalue weighted by Crippen LogP contribution is 2.68. The molecule has 0 saturated carbocycles. The molecule has 0 spiro atoms. The molecule has 2 unspecified atom stereocenters. The Morgan fingerprint density at radius 2 is 1.74 bits per heavy atom. The van der Waals surface area contributed by atoms with Gasteiger partial charge in [0, 0.05) is 4.88 Å². The van der Waals surface area contributed by atoms with Crippen LogP contribution in [0.15, 0.2) is 17.5 Å². The number of halogens is 6. The van der Waals surface area contributed by atoms with E-state index in [-0.39, 0.29) is 11.3 Å². The van der Waals surface area contributed by atoms with Gasteiger partial charge in [0.2, 0.25) is 5.41 Å². The third-order valence-electron chi connectivity index (χ3n) is 4.28. The number of hydrogen-bond acceptors (Lipinski definition) is 2. The van der Waals surface area contributed by atoms with Gasteiger partial charge in [0.05, 0.1) is 6.10 Å². The quantitative estimate of drug-likeness (QED) is 0.429. The molecule has 1 nitrogen and oxygen atoms in total. The van der Waals surface area contributed by atoms with Crippen molar-refractivity contribution < 1.29 is 31.1 Å². The molecule has 0 bridgehead atoms. The molecule has 1 aliphatic heterocycles. The summed E-state index contributed by atoms with van der Waals surface area (Å²) in [5, 5.41) is 1.45. The Kier molecular flexibility index (Phi) is 5.35. The number of ether oxygens (including phenoxy) is 1. The van der Waals surface area contributed by atoms with Crippen LogP contribution in [0, 0.1) is 5.41 Å². The van der Waals surface area contributed by atoms with E-state index in [1.165, 1.54) is 17.5 Å². The average molecular weight is 360 g/mol. The van der Waals surface area contributed by atoms with Crippen molar-refractivity contribution in [2.45, 2.75) is 63.6 Å². The molecule has 0 amide bonds. The van der Waals surface area contributed by atoms with E-state index in [2.05, 4.69) is 0 Å². The fraction of sp³-hybridized carbons (Fsp3) is 0.733. The second-order valence-electron chi connectivity index (χ2n) is 5.73.